The van der Waals surface area contributed by atoms with Crippen molar-refractivity contribution < 1.29 is 14.3 Å². The van der Waals surface area contributed by atoms with E-state index in [2.05, 4.69) is 0 Å². The van der Waals surface area contributed by atoms with Gasteiger partial charge in [0.2, 0.25) is 0 Å². The predicted octanol–water partition coefficient (Wildman–Crippen LogP) is 2.30. The van der Waals surface area contributed by atoms with E-state index >= 15 is 0 Å². The van der Waals surface area contributed by atoms with E-state index in [0.29, 0.717) is 11.3 Å². The summed E-state index contributed by atoms with van der Waals surface area (Å²) in [5.41, 5.74) is 1.18. The third-order valence-electron chi connectivity index (χ3n) is 4.21. The van der Waals surface area contributed by atoms with E-state index in [1.165, 1.54) is 0 Å². The first-order valence-corrected chi connectivity index (χ1v) is 5.88. The highest BCUT2D eigenvalue weighted by Crippen LogP contribution is 2.49. The normalized spacial score (nSPS) is 35.4. The van der Waals surface area contributed by atoms with Crippen LogP contribution in [0.1, 0.15) is 26.7 Å². The molecule has 2 aliphatic carbocycles. The van der Waals surface area contributed by atoms with Gasteiger partial charge in [0.1, 0.15) is 5.76 Å². The lowest BCUT2D eigenvalue weighted by molar-refractivity contribution is -0.133. The molecule has 0 saturated carbocycles. The van der Waals surface area contributed by atoms with E-state index < -0.39 is 5.41 Å². The summed E-state index contributed by atoms with van der Waals surface area (Å²) in [5.74, 6) is 0.702. The maximum Gasteiger partial charge on any atom is 0.339 e. The van der Waals surface area contributed by atoms with Crippen LogP contribution in [-0.4, -0.2) is 11.8 Å². The number of carbonyl (C=O) groups excluding carboxylic acids is 2. The van der Waals surface area contributed by atoms with Crippen molar-refractivity contribution in [3.63, 3.8) is 0 Å². The van der Waals surface area contributed by atoms with E-state index in [9.17, 15) is 9.59 Å². The molecule has 3 rings (SSSR count). The Kier molecular flexibility index (Phi) is 1.97. The molecular formula is C14H14O3. The quantitative estimate of drug-likeness (QED) is 0.600. The Balaban J connectivity index is 2.13. The number of allylic oxidation sites excluding steroid dienone is 4. The van der Waals surface area contributed by atoms with Gasteiger partial charge in [0.05, 0.1) is 5.41 Å². The number of ketones is 1. The molecule has 0 fully saturated rings. The smallest absolute Gasteiger partial charge is 0.339 e. The van der Waals surface area contributed by atoms with Crippen molar-refractivity contribution in [2.75, 3.05) is 0 Å². The molecule has 2 atom stereocenters. The zero-order chi connectivity index (χ0) is 12.2. The van der Waals surface area contributed by atoms with Crippen LogP contribution in [0.2, 0.25) is 0 Å². The molecule has 88 valence electrons. The van der Waals surface area contributed by atoms with Gasteiger partial charge < -0.3 is 4.74 Å². The molecule has 0 N–H and O–H groups in total. The maximum atomic E-state index is 12.0. The molecule has 0 bridgehead atoms. The number of ether oxygens (including phenoxy) is 1. The van der Waals surface area contributed by atoms with E-state index in [-0.39, 0.29) is 17.7 Å². The van der Waals surface area contributed by atoms with Gasteiger partial charge in [0, 0.05) is 11.1 Å². The minimum Gasteiger partial charge on any atom is -0.423 e. The van der Waals surface area contributed by atoms with Crippen molar-refractivity contribution in [3.8, 4) is 0 Å². The van der Waals surface area contributed by atoms with Gasteiger partial charge in [0.25, 0.3) is 0 Å². The van der Waals surface area contributed by atoms with E-state index in [0.717, 1.165) is 18.4 Å². The Labute approximate surface area is 99.8 Å². The highest BCUT2D eigenvalue weighted by molar-refractivity contribution is 5.99. The van der Waals surface area contributed by atoms with Gasteiger partial charge in [-0.3, -0.25) is 4.79 Å². The molecule has 0 amide bonds. The molecule has 17 heavy (non-hydrogen) atoms. The zero-order valence-electron chi connectivity index (χ0n) is 9.95. The lowest BCUT2D eigenvalue weighted by Gasteiger charge is -2.38. The average molecular weight is 230 g/mol. The molecule has 3 nitrogen and oxygen atoms in total. The topological polar surface area (TPSA) is 43.4 Å². The molecule has 1 heterocycles. The molecule has 0 unspecified atom stereocenters. The minimum absolute atomic E-state index is 0.112. The number of carbonyl (C=O) groups is 2. The second-order valence-electron chi connectivity index (χ2n) is 5.19. The maximum absolute atomic E-state index is 12.0. The van der Waals surface area contributed by atoms with Crippen molar-refractivity contribution in [1.29, 1.82) is 0 Å². The summed E-state index contributed by atoms with van der Waals surface area (Å²) < 4.78 is 5.21. The fourth-order valence-electron chi connectivity index (χ4n) is 2.88. The van der Waals surface area contributed by atoms with E-state index in [1.807, 2.05) is 19.1 Å². The van der Waals surface area contributed by atoms with Crippen LogP contribution in [0.3, 0.4) is 0 Å². The number of esters is 1. The van der Waals surface area contributed by atoms with Crippen LogP contribution < -0.4 is 0 Å². The summed E-state index contributed by atoms with van der Waals surface area (Å²) in [4.78, 5) is 23.5. The second kappa shape index (κ2) is 3.19. The van der Waals surface area contributed by atoms with Crippen LogP contribution in [0.25, 0.3) is 0 Å². The molecule has 3 aliphatic rings. The van der Waals surface area contributed by atoms with E-state index in [1.54, 1.807) is 13.0 Å². The Morgan fingerprint density at radius 3 is 2.94 bits per heavy atom. The fraction of sp³-hybridized carbons (Fsp3) is 0.429. The lowest BCUT2D eigenvalue weighted by atomic mass is 9.63. The molecular weight excluding hydrogens is 216 g/mol. The van der Waals surface area contributed by atoms with Gasteiger partial charge in [0.15, 0.2) is 5.78 Å². The van der Waals surface area contributed by atoms with Gasteiger partial charge in [-0.25, -0.2) is 4.79 Å². The largest absolute Gasteiger partial charge is 0.423 e. The highest BCUT2D eigenvalue weighted by Gasteiger charge is 2.46. The number of rotatable bonds is 0. The van der Waals surface area contributed by atoms with Crippen LogP contribution in [-0.2, 0) is 14.3 Å². The Morgan fingerprint density at radius 1 is 1.41 bits per heavy atom. The standard InChI is InChI=1S/C14H14O3/c1-8-10-6-9-4-3-5-12(15)14(9,2)7-11(10)17-13(8)16/h3,5,7,9H,4,6H2,1-2H3/t9-,14-/m1/s1. The minimum atomic E-state index is -0.502. The molecule has 0 aromatic carbocycles. The van der Waals surface area contributed by atoms with Gasteiger partial charge in [-0.2, -0.15) is 0 Å². The van der Waals surface area contributed by atoms with Crippen molar-refractivity contribution in [1.82, 2.24) is 0 Å². The Bertz CT molecular complexity index is 522. The van der Waals surface area contributed by atoms with Crippen LogP contribution >= 0.6 is 0 Å². The second-order valence-corrected chi connectivity index (χ2v) is 5.19. The molecule has 0 spiro atoms. The first kappa shape index (κ1) is 10.5. The highest BCUT2D eigenvalue weighted by atomic mass is 16.5. The first-order chi connectivity index (χ1) is 8.02. The molecule has 0 aromatic heterocycles. The Morgan fingerprint density at radius 2 is 2.18 bits per heavy atom. The monoisotopic (exact) mass is 230 g/mol. The summed E-state index contributed by atoms with van der Waals surface area (Å²) in [6.07, 6.45) is 7.07. The molecule has 0 saturated heterocycles. The molecule has 3 heteroatoms. The molecule has 0 aromatic rings. The summed E-state index contributed by atoms with van der Waals surface area (Å²) in [7, 11) is 0. The molecule has 0 radical (unpaired) electrons. The van der Waals surface area contributed by atoms with Crippen LogP contribution in [0.5, 0.6) is 0 Å². The third kappa shape index (κ3) is 1.28. The third-order valence-corrected chi connectivity index (χ3v) is 4.21. The van der Waals surface area contributed by atoms with Crippen LogP contribution in [0.15, 0.2) is 35.1 Å². The van der Waals surface area contributed by atoms with E-state index in [4.69, 9.17) is 4.74 Å². The summed E-state index contributed by atoms with van der Waals surface area (Å²) in [5, 5.41) is 0. The van der Waals surface area contributed by atoms with Gasteiger partial charge in [-0.15, -0.1) is 0 Å². The Hall–Kier alpha value is -1.64. The molecule has 1 aliphatic heterocycles. The van der Waals surface area contributed by atoms with Gasteiger partial charge in [-0.1, -0.05) is 6.08 Å². The number of hydrogen-bond donors (Lipinski definition) is 0. The average Bonchev–Trinajstić information content (AvgIpc) is 2.54. The predicted molar refractivity (Wildman–Crippen MR) is 61.9 cm³/mol. The summed E-state index contributed by atoms with van der Waals surface area (Å²) in [6, 6.07) is 0. The first-order valence-electron chi connectivity index (χ1n) is 5.88. The van der Waals surface area contributed by atoms with Crippen molar-refractivity contribution in [2.24, 2.45) is 11.3 Å². The van der Waals surface area contributed by atoms with Crippen molar-refractivity contribution in [3.05, 3.63) is 35.1 Å². The lowest BCUT2D eigenvalue weighted by Crippen LogP contribution is -2.38. The zero-order valence-corrected chi connectivity index (χ0v) is 9.95. The van der Waals surface area contributed by atoms with Gasteiger partial charge >= 0.3 is 5.97 Å². The summed E-state index contributed by atoms with van der Waals surface area (Å²) in [6.45, 7) is 3.73. The van der Waals surface area contributed by atoms with Crippen molar-refractivity contribution >= 4 is 11.8 Å². The number of fused-ring (bicyclic) bond motifs is 2. The van der Waals surface area contributed by atoms with Crippen molar-refractivity contribution in [2.45, 2.75) is 26.7 Å². The van der Waals surface area contributed by atoms with Crippen LogP contribution in [0, 0.1) is 11.3 Å². The summed E-state index contributed by atoms with van der Waals surface area (Å²) >= 11 is 0. The van der Waals surface area contributed by atoms with Crippen LogP contribution in [0.4, 0.5) is 0 Å². The van der Waals surface area contributed by atoms with Gasteiger partial charge in [-0.05, 0) is 44.8 Å². The SMILES string of the molecule is CC1=C2C[C@H]3CC=CC(=O)[C@]3(C)C=C2OC1=O. The fourth-order valence-corrected chi connectivity index (χ4v) is 2.88. The number of hydrogen-bond acceptors (Lipinski definition) is 3.